The van der Waals surface area contributed by atoms with Crippen molar-refractivity contribution < 1.29 is 24.9 Å². The van der Waals surface area contributed by atoms with Crippen LogP contribution in [-0.2, 0) is 9.53 Å². The van der Waals surface area contributed by atoms with E-state index in [-0.39, 0.29) is 28.8 Å². The van der Waals surface area contributed by atoms with Gasteiger partial charge in [0.15, 0.2) is 0 Å². The molecule has 11 atom stereocenters. The van der Waals surface area contributed by atoms with E-state index >= 15 is 0 Å². The van der Waals surface area contributed by atoms with E-state index in [1.54, 1.807) is 0 Å². The fourth-order valence-electron chi connectivity index (χ4n) is 8.51. The first-order chi connectivity index (χ1) is 13.1. The van der Waals surface area contributed by atoms with Crippen molar-refractivity contribution in [2.45, 2.75) is 97.1 Å². The first-order valence-electron chi connectivity index (χ1n) is 11.3. The molecule has 4 saturated carbocycles. The summed E-state index contributed by atoms with van der Waals surface area (Å²) in [4.78, 5) is 11.5. The summed E-state index contributed by atoms with van der Waals surface area (Å²) in [5.74, 6) is 1.73. The van der Waals surface area contributed by atoms with Crippen LogP contribution >= 0.6 is 0 Å². The molecule has 0 radical (unpaired) electrons. The van der Waals surface area contributed by atoms with Crippen molar-refractivity contribution in [3.8, 4) is 0 Å². The number of rotatable bonds is 2. The Morgan fingerprint density at radius 3 is 2.36 bits per heavy atom. The summed E-state index contributed by atoms with van der Waals surface area (Å²) >= 11 is 0. The van der Waals surface area contributed by atoms with Gasteiger partial charge in [0.25, 0.3) is 0 Å². The van der Waals surface area contributed by atoms with Gasteiger partial charge in [0, 0.05) is 12.8 Å². The molecular weight excluding hydrogens is 356 g/mol. The smallest absolute Gasteiger partial charge is 0.302 e. The molecule has 160 valence electrons. The molecule has 0 aromatic heterocycles. The Labute approximate surface area is 168 Å². The third-order valence-corrected chi connectivity index (χ3v) is 9.65. The maximum atomic E-state index is 11.5. The maximum Gasteiger partial charge on any atom is 0.302 e. The topological polar surface area (TPSA) is 87.0 Å². The van der Waals surface area contributed by atoms with Crippen molar-refractivity contribution in [2.24, 2.45) is 40.4 Å². The van der Waals surface area contributed by atoms with Gasteiger partial charge in [0.1, 0.15) is 6.10 Å². The van der Waals surface area contributed by atoms with Crippen LogP contribution in [0.25, 0.3) is 0 Å². The number of ether oxygens (including phenoxy) is 1. The number of carbonyl (C=O) groups is 1. The van der Waals surface area contributed by atoms with Crippen LogP contribution in [0.4, 0.5) is 0 Å². The van der Waals surface area contributed by atoms with Crippen LogP contribution in [0.15, 0.2) is 0 Å². The van der Waals surface area contributed by atoms with Crippen molar-refractivity contribution >= 4 is 5.97 Å². The molecule has 4 rings (SSSR count). The van der Waals surface area contributed by atoms with Gasteiger partial charge in [-0.25, -0.2) is 0 Å². The SMILES string of the molecule is CC(=O)O[C@@H](C)[C@H]1[C@H](O)C[C@H]2[C@@H]3CC[C@H]4C[C@H](O)[C@H](O)C[C@]4(C)[C@H]3CC[C@]12C. The standard InChI is InChI=1S/C23H38O5/c1-12(28-13(2)24)21-19(26)10-17-15-6-5-14-9-18(25)20(27)11-23(14,4)16(15)7-8-22(17,21)3/h12,14-21,25-27H,5-11H2,1-4H3/t12-,14-,15+,16-,17-,18-,19+,20+,21-,22-,23-/m0/s1. The third-order valence-electron chi connectivity index (χ3n) is 9.65. The molecule has 0 aliphatic heterocycles. The average Bonchev–Trinajstić information content (AvgIpc) is 2.86. The number of hydrogen-bond donors (Lipinski definition) is 3. The summed E-state index contributed by atoms with van der Waals surface area (Å²) in [5, 5.41) is 31.6. The molecule has 4 aliphatic carbocycles. The lowest BCUT2D eigenvalue weighted by molar-refractivity contribution is -0.168. The van der Waals surface area contributed by atoms with Gasteiger partial charge in [-0.1, -0.05) is 13.8 Å². The van der Waals surface area contributed by atoms with E-state index < -0.39 is 18.3 Å². The molecule has 0 aromatic carbocycles. The number of esters is 1. The highest BCUT2D eigenvalue weighted by atomic mass is 16.5. The Morgan fingerprint density at radius 1 is 0.964 bits per heavy atom. The van der Waals surface area contributed by atoms with E-state index in [2.05, 4.69) is 13.8 Å². The van der Waals surface area contributed by atoms with E-state index in [0.717, 1.165) is 38.5 Å². The lowest BCUT2D eigenvalue weighted by atomic mass is 9.44. The zero-order valence-electron chi connectivity index (χ0n) is 17.8. The van der Waals surface area contributed by atoms with Gasteiger partial charge in [-0.15, -0.1) is 0 Å². The number of fused-ring (bicyclic) bond motifs is 5. The average molecular weight is 395 g/mol. The van der Waals surface area contributed by atoms with E-state index in [0.29, 0.717) is 30.1 Å². The van der Waals surface area contributed by atoms with Crippen LogP contribution in [0.5, 0.6) is 0 Å². The molecule has 0 heterocycles. The van der Waals surface area contributed by atoms with Crippen molar-refractivity contribution in [3.63, 3.8) is 0 Å². The van der Waals surface area contributed by atoms with Gasteiger partial charge < -0.3 is 20.1 Å². The minimum Gasteiger partial charge on any atom is -0.462 e. The van der Waals surface area contributed by atoms with Crippen LogP contribution in [0.1, 0.15) is 72.6 Å². The monoisotopic (exact) mass is 394 g/mol. The minimum atomic E-state index is -0.612. The van der Waals surface area contributed by atoms with Crippen molar-refractivity contribution in [1.29, 1.82) is 0 Å². The molecular formula is C23H38O5. The molecule has 0 aromatic rings. The summed E-state index contributed by atoms with van der Waals surface area (Å²) in [6.07, 6.45) is 4.71. The normalized spacial score (nSPS) is 54.2. The van der Waals surface area contributed by atoms with Gasteiger partial charge in [0.2, 0.25) is 0 Å². The largest absolute Gasteiger partial charge is 0.462 e. The third kappa shape index (κ3) is 2.95. The molecule has 5 nitrogen and oxygen atoms in total. The Morgan fingerprint density at radius 2 is 1.68 bits per heavy atom. The second-order valence-electron chi connectivity index (χ2n) is 10.9. The number of carbonyl (C=O) groups excluding carboxylic acids is 1. The first kappa shape index (κ1) is 20.6. The minimum absolute atomic E-state index is 0.00773. The van der Waals surface area contributed by atoms with Crippen LogP contribution in [0.3, 0.4) is 0 Å². The molecule has 0 saturated heterocycles. The quantitative estimate of drug-likeness (QED) is 0.627. The first-order valence-corrected chi connectivity index (χ1v) is 11.3. The molecule has 0 amide bonds. The van der Waals surface area contributed by atoms with Crippen molar-refractivity contribution in [1.82, 2.24) is 0 Å². The zero-order chi connectivity index (χ0) is 20.4. The second-order valence-corrected chi connectivity index (χ2v) is 10.9. The van der Waals surface area contributed by atoms with Gasteiger partial charge in [0.05, 0.1) is 18.3 Å². The summed E-state index contributed by atoms with van der Waals surface area (Å²) in [7, 11) is 0. The fourth-order valence-corrected chi connectivity index (χ4v) is 8.51. The Kier molecular flexibility index (Phi) is 5.12. The van der Waals surface area contributed by atoms with Gasteiger partial charge in [-0.05, 0) is 86.4 Å². The Balaban J connectivity index is 1.60. The highest BCUT2D eigenvalue weighted by Crippen LogP contribution is 2.67. The van der Waals surface area contributed by atoms with Crippen molar-refractivity contribution in [2.75, 3.05) is 0 Å². The van der Waals surface area contributed by atoms with Crippen LogP contribution in [0.2, 0.25) is 0 Å². The number of aliphatic hydroxyl groups excluding tert-OH is 3. The molecule has 0 bridgehead atoms. The zero-order valence-corrected chi connectivity index (χ0v) is 17.8. The molecule has 28 heavy (non-hydrogen) atoms. The molecule has 0 spiro atoms. The van der Waals surface area contributed by atoms with E-state index in [1.807, 2.05) is 6.92 Å². The predicted molar refractivity (Wildman–Crippen MR) is 105 cm³/mol. The van der Waals surface area contributed by atoms with E-state index in [9.17, 15) is 20.1 Å². The maximum absolute atomic E-state index is 11.5. The van der Waals surface area contributed by atoms with Crippen LogP contribution in [-0.4, -0.2) is 45.7 Å². The Hall–Kier alpha value is -0.650. The van der Waals surface area contributed by atoms with Gasteiger partial charge in [-0.3, -0.25) is 4.79 Å². The molecule has 4 fully saturated rings. The lowest BCUT2D eigenvalue weighted by Crippen LogP contribution is -2.57. The lowest BCUT2D eigenvalue weighted by Gasteiger charge is -2.61. The van der Waals surface area contributed by atoms with E-state index in [1.165, 1.54) is 6.92 Å². The fraction of sp³-hybridized carbons (Fsp3) is 0.957. The van der Waals surface area contributed by atoms with Gasteiger partial charge in [-0.2, -0.15) is 0 Å². The summed E-state index contributed by atoms with van der Waals surface area (Å²) in [6, 6.07) is 0. The Bertz CT molecular complexity index is 622. The molecule has 4 aliphatic rings. The molecule has 5 heteroatoms. The summed E-state index contributed by atoms with van der Waals surface area (Å²) < 4.78 is 5.53. The van der Waals surface area contributed by atoms with Crippen LogP contribution < -0.4 is 0 Å². The van der Waals surface area contributed by atoms with Crippen LogP contribution in [0, 0.1) is 40.4 Å². The second kappa shape index (κ2) is 6.95. The highest BCUT2D eigenvalue weighted by molar-refractivity contribution is 5.66. The summed E-state index contributed by atoms with van der Waals surface area (Å²) in [6.45, 7) is 8.03. The molecule has 0 unspecified atom stereocenters. The van der Waals surface area contributed by atoms with E-state index in [4.69, 9.17) is 4.74 Å². The van der Waals surface area contributed by atoms with Gasteiger partial charge >= 0.3 is 5.97 Å². The predicted octanol–water partition coefficient (Wildman–Crippen LogP) is 2.90. The number of aliphatic hydroxyl groups is 3. The molecule has 3 N–H and O–H groups in total. The number of hydrogen-bond acceptors (Lipinski definition) is 5. The summed E-state index contributed by atoms with van der Waals surface area (Å²) in [5.41, 5.74) is 0.0683. The van der Waals surface area contributed by atoms with Crippen molar-refractivity contribution in [3.05, 3.63) is 0 Å². The highest BCUT2D eigenvalue weighted by Gasteiger charge is 2.63.